The predicted molar refractivity (Wildman–Crippen MR) is 87.2 cm³/mol. The van der Waals surface area contributed by atoms with Gasteiger partial charge in [-0.1, -0.05) is 18.2 Å². The van der Waals surface area contributed by atoms with Crippen LogP contribution in [0.2, 0.25) is 0 Å². The number of rotatable bonds is 6. The van der Waals surface area contributed by atoms with Crippen LogP contribution in [-0.4, -0.2) is 37.4 Å². The summed E-state index contributed by atoms with van der Waals surface area (Å²) in [5.74, 6) is -0.119. The molecule has 2 unspecified atom stereocenters. The van der Waals surface area contributed by atoms with Crippen LogP contribution in [0.1, 0.15) is 32.6 Å². The summed E-state index contributed by atoms with van der Waals surface area (Å²) in [5.41, 5.74) is 0.704. The summed E-state index contributed by atoms with van der Waals surface area (Å²) in [4.78, 5) is 23.6. The largest absolute Gasteiger partial charge is 0.446 e. The van der Waals surface area contributed by atoms with Crippen molar-refractivity contribution in [2.45, 2.75) is 44.8 Å². The van der Waals surface area contributed by atoms with Crippen molar-refractivity contribution in [3.8, 4) is 0 Å². The molecule has 6 nitrogen and oxygen atoms in total. The van der Waals surface area contributed by atoms with Crippen LogP contribution in [0.15, 0.2) is 30.3 Å². The summed E-state index contributed by atoms with van der Waals surface area (Å²) in [6.45, 7) is 2.44. The van der Waals surface area contributed by atoms with Crippen molar-refractivity contribution < 1.29 is 19.1 Å². The maximum atomic E-state index is 11.9. The van der Waals surface area contributed by atoms with Crippen LogP contribution in [0.5, 0.6) is 0 Å². The van der Waals surface area contributed by atoms with Crippen molar-refractivity contribution in [1.29, 1.82) is 0 Å². The molecule has 1 aromatic carbocycles. The number of anilines is 1. The van der Waals surface area contributed by atoms with Crippen molar-refractivity contribution in [2.75, 3.05) is 18.5 Å². The molecule has 6 heteroatoms. The highest BCUT2D eigenvalue weighted by Gasteiger charge is 2.26. The minimum Gasteiger partial charge on any atom is -0.446 e. The van der Waals surface area contributed by atoms with Crippen molar-refractivity contribution in [1.82, 2.24) is 5.32 Å². The standard InChI is InChI=1S/C17H24N2O4/c1-2-22-12-16(20)18-14-9-6-10-15(11-14)23-17(21)19-13-7-4-3-5-8-13/h3-5,7-8,14-15H,2,6,9-12H2,1H3,(H,18,20)(H,19,21). The van der Waals surface area contributed by atoms with Crippen LogP contribution >= 0.6 is 0 Å². The highest BCUT2D eigenvalue weighted by molar-refractivity contribution is 5.84. The topological polar surface area (TPSA) is 76.7 Å². The Labute approximate surface area is 136 Å². The number of nitrogens with one attached hydrogen (secondary N) is 2. The van der Waals surface area contributed by atoms with Gasteiger partial charge in [-0.15, -0.1) is 0 Å². The lowest BCUT2D eigenvalue weighted by Gasteiger charge is -2.29. The Morgan fingerprint density at radius 3 is 2.74 bits per heavy atom. The van der Waals surface area contributed by atoms with E-state index in [9.17, 15) is 9.59 Å². The first-order valence-corrected chi connectivity index (χ1v) is 8.07. The highest BCUT2D eigenvalue weighted by Crippen LogP contribution is 2.22. The van der Waals surface area contributed by atoms with Gasteiger partial charge in [-0.3, -0.25) is 10.1 Å². The molecule has 0 aromatic heterocycles. The Kier molecular flexibility index (Phi) is 6.87. The van der Waals surface area contributed by atoms with Gasteiger partial charge in [-0.05, 0) is 38.3 Å². The number of carbonyl (C=O) groups is 2. The minimum atomic E-state index is -0.456. The van der Waals surface area contributed by atoms with E-state index in [0.717, 1.165) is 19.3 Å². The molecular formula is C17H24N2O4. The number of hydrogen-bond acceptors (Lipinski definition) is 4. The molecule has 1 fully saturated rings. The first-order valence-electron chi connectivity index (χ1n) is 8.07. The molecule has 0 heterocycles. The van der Waals surface area contributed by atoms with Crippen molar-refractivity contribution in [2.24, 2.45) is 0 Å². The van der Waals surface area contributed by atoms with Crippen molar-refractivity contribution in [3.05, 3.63) is 30.3 Å². The zero-order valence-corrected chi connectivity index (χ0v) is 13.4. The molecule has 2 rings (SSSR count). The molecule has 0 radical (unpaired) electrons. The number of hydrogen-bond donors (Lipinski definition) is 2. The normalized spacial score (nSPS) is 20.6. The Morgan fingerprint density at radius 2 is 2.00 bits per heavy atom. The van der Waals surface area contributed by atoms with Gasteiger partial charge >= 0.3 is 6.09 Å². The van der Waals surface area contributed by atoms with E-state index >= 15 is 0 Å². The van der Waals surface area contributed by atoms with E-state index in [1.165, 1.54) is 0 Å². The molecule has 23 heavy (non-hydrogen) atoms. The first-order chi connectivity index (χ1) is 11.2. The molecule has 0 saturated heterocycles. The van der Waals surface area contributed by atoms with Gasteiger partial charge in [-0.2, -0.15) is 0 Å². The number of para-hydroxylation sites is 1. The van der Waals surface area contributed by atoms with Crippen LogP contribution in [0.3, 0.4) is 0 Å². The molecule has 126 valence electrons. The third kappa shape index (κ3) is 6.28. The Bertz CT molecular complexity index is 507. The second kappa shape index (κ2) is 9.15. The number of carbonyl (C=O) groups excluding carboxylic acids is 2. The maximum Gasteiger partial charge on any atom is 0.411 e. The molecule has 2 N–H and O–H groups in total. The van der Waals surface area contributed by atoms with Crippen LogP contribution < -0.4 is 10.6 Å². The van der Waals surface area contributed by atoms with Gasteiger partial charge in [0.15, 0.2) is 0 Å². The van der Waals surface area contributed by atoms with Crippen LogP contribution in [0, 0.1) is 0 Å². The molecule has 0 aliphatic heterocycles. The predicted octanol–water partition coefficient (Wildman–Crippen LogP) is 2.70. The number of amides is 2. The fourth-order valence-corrected chi connectivity index (χ4v) is 2.67. The van der Waals surface area contributed by atoms with E-state index in [1.54, 1.807) is 12.1 Å². The number of benzene rings is 1. The summed E-state index contributed by atoms with van der Waals surface area (Å²) in [7, 11) is 0. The molecule has 1 aromatic rings. The van der Waals surface area contributed by atoms with Gasteiger partial charge in [0.05, 0.1) is 0 Å². The molecule has 1 aliphatic rings. The number of ether oxygens (including phenoxy) is 2. The lowest BCUT2D eigenvalue weighted by molar-refractivity contribution is -0.126. The summed E-state index contributed by atoms with van der Waals surface area (Å²) in [6, 6.07) is 9.22. The first kappa shape index (κ1) is 17.3. The Balaban J connectivity index is 1.75. The third-order valence-corrected chi connectivity index (χ3v) is 3.72. The maximum absolute atomic E-state index is 11.9. The van der Waals surface area contributed by atoms with E-state index in [0.29, 0.717) is 18.7 Å². The molecule has 1 aliphatic carbocycles. The van der Waals surface area contributed by atoms with Gasteiger partial charge in [0.2, 0.25) is 5.91 Å². The molecule has 1 saturated carbocycles. The Morgan fingerprint density at radius 1 is 1.22 bits per heavy atom. The monoisotopic (exact) mass is 320 g/mol. The van der Waals surface area contributed by atoms with E-state index in [2.05, 4.69) is 10.6 Å². The fourth-order valence-electron chi connectivity index (χ4n) is 2.67. The zero-order valence-electron chi connectivity index (χ0n) is 13.4. The van der Waals surface area contributed by atoms with E-state index in [1.807, 2.05) is 25.1 Å². The lowest BCUT2D eigenvalue weighted by atomic mass is 9.93. The minimum absolute atomic E-state index is 0.0335. The molecule has 0 spiro atoms. The van der Waals surface area contributed by atoms with E-state index in [-0.39, 0.29) is 24.7 Å². The fraction of sp³-hybridized carbons (Fsp3) is 0.529. The quantitative estimate of drug-likeness (QED) is 0.845. The van der Waals surface area contributed by atoms with E-state index in [4.69, 9.17) is 9.47 Å². The summed E-state index contributed by atoms with van der Waals surface area (Å²) in [6.07, 6.45) is 2.65. The SMILES string of the molecule is CCOCC(=O)NC1CCCC(OC(=O)Nc2ccccc2)C1. The van der Waals surface area contributed by atoms with Crippen LogP contribution in [0.4, 0.5) is 10.5 Å². The molecule has 2 atom stereocenters. The highest BCUT2D eigenvalue weighted by atomic mass is 16.6. The van der Waals surface area contributed by atoms with Crippen LogP contribution in [0.25, 0.3) is 0 Å². The van der Waals surface area contributed by atoms with Gasteiger partial charge in [-0.25, -0.2) is 4.79 Å². The second-order valence-electron chi connectivity index (χ2n) is 5.59. The van der Waals surface area contributed by atoms with Gasteiger partial charge in [0.1, 0.15) is 12.7 Å². The third-order valence-electron chi connectivity index (χ3n) is 3.72. The summed E-state index contributed by atoms with van der Waals surface area (Å²) in [5, 5.41) is 5.64. The average Bonchev–Trinajstić information content (AvgIpc) is 2.54. The summed E-state index contributed by atoms with van der Waals surface area (Å²) < 4.78 is 10.5. The van der Waals surface area contributed by atoms with Gasteiger partial charge in [0.25, 0.3) is 0 Å². The van der Waals surface area contributed by atoms with Gasteiger partial charge in [0, 0.05) is 24.8 Å². The lowest BCUT2D eigenvalue weighted by Crippen LogP contribution is -2.42. The summed E-state index contributed by atoms with van der Waals surface area (Å²) >= 11 is 0. The second-order valence-corrected chi connectivity index (χ2v) is 5.59. The van der Waals surface area contributed by atoms with E-state index < -0.39 is 6.09 Å². The molecular weight excluding hydrogens is 296 g/mol. The zero-order chi connectivity index (χ0) is 16.5. The van der Waals surface area contributed by atoms with Gasteiger partial charge < -0.3 is 14.8 Å². The van der Waals surface area contributed by atoms with Crippen molar-refractivity contribution >= 4 is 17.7 Å². The van der Waals surface area contributed by atoms with Crippen LogP contribution in [-0.2, 0) is 14.3 Å². The molecule has 0 bridgehead atoms. The average molecular weight is 320 g/mol. The van der Waals surface area contributed by atoms with Crippen molar-refractivity contribution in [3.63, 3.8) is 0 Å². The molecule has 2 amide bonds. The smallest absolute Gasteiger partial charge is 0.411 e. The Hall–Kier alpha value is -2.08.